The minimum Gasteiger partial charge on any atom is -0.384 e. The zero-order valence-corrected chi connectivity index (χ0v) is 12.2. The first-order valence-electron chi connectivity index (χ1n) is 6.00. The van der Waals surface area contributed by atoms with Gasteiger partial charge in [-0.2, -0.15) is 0 Å². The number of anilines is 1. The Balaban J connectivity index is 2.49. The van der Waals surface area contributed by atoms with E-state index < -0.39 is 0 Å². The van der Waals surface area contributed by atoms with Crippen LogP contribution in [0.5, 0.6) is 0 Å². The fourth-order valence-electron chi connectivity index (χ4n) is 1.82. The highest BCUT2D eigenvalue weighted by atomic mass is 79.9. The highest BCUT2D eigenvalue weighted by Crippen LogP contribution is 2.27. The first-order valence-corrected chi connectivity index (χ1v) is 6.79. The van der Waals surface area contributed by atoms with E-state index in [1.165, 1.54) is 5.56 Å². The van der Waals surface area contributed by atoms with Crippen molar-refractivity contribution in [1.82, 2.24) is 9.97 Å². The number of nitrogens with two attached hydrogens (primary N) is 1. The van der Waals surface area contributed by atoms with Gasteiger partial charge in [-0.3, -0.25) is 0 Å². The molecule has 2 N–H and O–H groups in total. The smallest absolute Gasteiger partial charge is 0.162 e. The molecule has 0 saturated carbocycles. The molecule has 0 radical (unpaired) electrons. The van der Waals surface area contributed by atoms with Crippen LogP contribution in [0.4, 0.5) is 5.82 Å². The van der Waals surface area contributed by atoms with Crippen LogP contribution in [0.3, 0.4) is 0 Å². The van der Waals surface area contributed by atoms with E-state index in [-0.39, 0.29) is 0 Å². The molecule has 18 heavy (non-hydrogen) atoms. The minimum absolute atomic E-state index is 0.524. The predicted octanol–water partition coefficient (Wildman–Crippen LogP) is 3.75. The molecule has 94 valence electrons. The van der Waals surface area contributed by atoms with E-state index in [1.54, 1.807) is 0 Å². The molecule has 0 bridgehead atoms. The lowest BCUT2D eigenvalue weighted by atomic mass is 10.1. The van der Waals surface area contributed by atoms with Crippen molar-refractivity contribution < 1.29 is 0 Å². The van der Waals surface area contributed by atoms with Gasteiger partial charge in [-0.05, 0) is 31.0 Å². The molecule has 4 heteroatoms. The van der Waals surface area contributed by atoms with Gasteiger partial charge < -0.3 is 5.73 Å². The summed E-state index contributed by atoms with van der Waals surface area (Å²) in [4.78, 5) is 8.88. The normalized spacial score (nSPS) is 10.6. The number of nitrogen functional groups attached to an aromatic ring is 1. The summed E-state index contributed by atoms with van der Waals surface area (Å²) in [6.07, 6.45) is 1.97. The maximum atomic E-state index is 5.84. The van der Waals surface area contributed by atoms with Crippen molar-refractivity contribution in [3.8, 4) is 11.4 Å². The van der Waals surface area contributed by atoms with Crippen LogP contribution >= 0.6 is 15.9 Å². The highest BCUT2D eigenvalue weighted by molar-refractivity contribution is 9.10. The van der Waals surface area contributed by atoms with Crippen molar-refractivity contribution in [3.63, 3.8) is 0 Å². The highest BCUT2D eigenvalue weighted by Gasteiger charge is 2.08. The molecule has 1 aromatic carbocycles. The second-order valence-corrected chi connectivity index (χ2v) is 5.20. The van der Waals surface area contributed by atoms with Crippen molar-refractivity contribution in [2.75, 3.05) is 5.73 Å². The Labute approximate surface area is 116 Å². The quantitative estimate of drug-likeness (QED) is 0.939. The Morgan fingerprint density at radius 3 is 2.67 bits per heavy atom. The molecule has 0 amide bonds. The monoisotopic (exact) mass is 305 g/mol. The lowest BCUT2D eigenvalue weighted by Gasteiger charge is -2.07. The number of benzene rings is 1. The van der Waals surface area contributed by atoms with Gasteiger partial charge >= 0.3 is 0 Å². The number of halogens is 1. The summed E-state index contributed by atoms with van der Waals surface area (Å²) in [5.41, 5.74) is 9.01. The minimum atomic E-state index is 0.524. The molecule has 0 aliphatic heterocycles. The van der Waals surface area contributed by atoms with Gasteiger partial charge in [0.2, 0.25) is 0 Å². The Morgan fingerprint density at radius 1 is 1.22 bits per heavy atom. The zero-order chi connectivity index (χ0) is 13.1. The van der Waals surface area contributed by atoms with Gasteiger partial charge in [0.25, 0.3) is 0 Å². The number of aryl methyl sites for hydroxylation is 2. The van der Waals surface area contributed by atoms with Gasteiger partial charge in [-0.25, -0.2) is 9.97 Å². The molecule has 1 aromatic heterocycles. The molecule has 0 spiro atoms. The predicted molar refractivity (Wildman–Crippen MR) is 78.3 cm³/mol. The summed E-state index contributed by atoms with van der Waals surface area (Å²) in [5.74, 6) is 1.21. The van der Waals surface area contributed by atoms with E-state index in [9.17, 15) is 0 Å². The van der Waals surface area contributed by atoms with Crippen LogP contribution in [0.15, 0.2) is 28.7 Å². The van der Waals surface area contributed by atoms with Gasteiger partial charge in [-0.15, -0.1) is 0 Å². The maximum Gasteiger partial charge on any atom is 0.162 e. The van der Waals surface area contributed by atoms with Crippen LogP contribution in [0.2, 0.25) is 0 Å². The molecular weight excluding hydrogens is 290 g/mol. The zero-order valence-electron chi connectivity index (χ0n) is 10.6. The number of hydrogen-bond acceptors (Lipinski definition) is 3. The fraction of sp³-hybridized carbons (Fsp3) is 0.286. The molecule has 0 unspecified atom stereocenters. The molecule has 0 saturated heterocycles. The largest absolute Gasteiger partial charge is 0.384 e. The molecule has 0 aliphatic carbocycles. The van der Waals surface area contributed by atoms with E-state index in [0.717, 1.165) is 28.6 Å². The summed E-state index contributed by atoms with van der Waals surface area (Å²) < 4.78 is 0.996. The molecule has 1 heterocycles. The van der Waals surface area contributed by atoms with Crippen molar-refractivity contribution in [2.24, 2.45) is 0 Å². The topological polar surface area (TPSA) is 51.8 Å². The lowest BCUT2D eigenvalue weighted by molar-refractivity contribution is 0.877. The van der Waals surface area contributed by atoms with Crippen molar-refractivity contribution in [1.29, 1.82) is 0 Å². The van der Waals surface area contributed by atoms with Crippen LogP contribution in [-0.2, 0) is 6.42 Å². The Hall–Kier alpha value is -1.42. The molecule has 0 atom stereocenters. The van der Waals surface area contributed by atoms with E-state index in [1.807, 2.05) is 18.2 Å². The van der Waals surface area contributed by atoms with Gasteiger partial charge in [0.05, 0.1) is 0 Å². The summed E-state index contributed by atoms with van der Waals surface area (Å²) in [7, 11) is 0. The third-order valence-electron chi connectivity index (χ3n) is 2.67. The fourth-order valence-corrected chi connectivity index (χ4v) is 2.50. The second kappa shape index (κ2) is 5.48. The lowest BCUT2D eigenvalue weighted by Crippen LogP contribution is -2.00. The van der Waals surface area contributed by atoms with E-state index in [4.69, 9.17) is 5.73 Å². The van der Waals surface area contributed by atoms with Crippen LogP contribution in [0, 0.1) is 6.92 Å². The molecule has 2 aromatic rings. The molecule has 3 nitrogen and oxygen atoms in total. The Morgan fingerprint density at radius 2 is 2.00 bits per heavy atom. The van der Waals surface area contributed by atoms with Crippen LogP contribution in [-0.4, -0.2) is 9.97 Å². The van der Waals surface area contributed by atoms with Crippen molar-refractivity contribution in [3.05, 3.63) is 40.0 Å². The molecule has 2 rings (SSSR count). The number of aromatic nitrogens is 2. The van der Waals surface area contributed by atoms with Crippen molar-refractivity contribution >= 4 is 21.7 Å². The van der Waals surface area contributed by atoms with Gasteiger partial charge in [0.1, 0.15) is 5.82 Å². The second-order valence-electron chi connectivity index (χ2n) is 4.34. The Bertz CT molecular complexity index is 567. The van der Waals surface area contributed by atoms with Crippen molar-refractivity contribution in [2.45, 2.75) is 26.7 Å². The van der Waals surface area contributed by atoms with Crippen LogP contribution < -0.4 is 5.73 Å². The van der Waals surface area contributed by atoms with Gasteiger partial charge in [0.15, 0.2) is 5.82 Å². The number of rotatable bonds is 3. The average molecular weight is 306 g/mol. The van der Waals surface area contributed by atoms with Gasteiger partial charge in [0, 0.05) is 21.8 Å². The van der Waals surface area contributed by atoms with E-state index >= 15 is 0 Å². The van der Waals surface area contributed by atoms with Crippen LogP contribution in [0.25, 0.3) is 11.4 Å². The molecule has 0 aliphatic rings. The number of nitrogens with zero attached hydrogens (tertiary/aromatic N) is 2. The molecular formula is C14H16BrN3. The first kappa shape index (κ1) is 13.0. The molecule has 0 fully saturated rings. The summed E-state index contributed by atoms with van der Waals surface area (Å²) in [5, 5.41) is 0. The number of hydrogen-bond donors (Lipinski definition) is 1. The van der Waals surface area contributed by atoms with Crippen LogP contribution in [0.1, 0.15) is 24.6 Å². The average Bonchev–Trinajstić information content (AvgIpc) is 2.28. The summed E-state index contributed by atoms with van der Waals surface area (Å²) >= 11 is 3.55. The maximum absolute atomic E-state index is 5.84. The SMILES string of the molecule is CCCc1cc(N)nc(-c2ccc(C)cc2Br)n1. The third-order valence-corrected chi connectivity index (χ3v) is 3.33. The van der Waals surface area contributed by atoms with E-state index in [2.05, 4.69) is 45.8 Å². The third kappa shape index (κ3) is 2.88. The van der Waals surface area contributed by atoms with Gasteiger partial charge in [-0.1, -0.05) is 35.3 Å². The first-order chi connectivity index (χ1) is 8.60. The summed E-state index contributed by atoms with van der Waals surface area (Å²) in [6, 6.07) is 7.96. The Kier molecular flexibility index (Phi) is 3.97. The summed E-state index contributed by atoms with van der Waals surface area (Å²) in [6.45, 7) is 4.18. The standard InChI is InChI=1S/C14H16BrN3/c1-3-4-10-8-13(16)18-14(17-10)11-6-5-9(2)7-12(11)15/h5-8H,3-4H2,1-2H3,(H2,16,17,18). The van der Waals surface area contributed by atoms with E-state index in [0.29, 0.717) is 11.6 Å².